The van der Waals surface area contributed by atoms with Gasteiger partial charge in [0.05, 0.1) is 10.9 Å². The van der Waals surface area contributed by atoms with E-state index in [4.69, 9.17) is 4.42 Å². The summed E-state index contributed by atoms with van der Waals surface area (Å²) in [6.45, 7) is 1.78. The van der Waals surface area contributed by atoms with Crippen LogP contribution in [0.2, 0.25) is 0 Å². The van der Waals surface area contributed by atoms with Crippen molar-refractivity contribution in [1.82, 2.24) is 5.32 Å². The molecule has 41 heavy (non-hydrogen) atoms. The zero-order chi connectivity index (χ0) is 28.9. The molecule has 1 saturated heterocycles. The van der Waals surface area contributed by atoms with Crippen molar-refractivity contribution in [2.24, 2.45) is 0 Å². The third kappa shape index (κ3) is 6.85. The van der Waals surface area contributed by atoms with Gasteiger partial charge < -0.3 is 15.1 Å². The fraction of sp³-hybridized carbons (Fsp3) is 0.0968. The Hall–Kier alpha value is -4.41. The highest BCUT2D eigenvalue weighted by atomic mass is 79.9. The molecule has 1 aromatic heterocycles. The molecule has 0 spiro atoms. The molecule has 1 unspecified atom stereocenters. The topological polar surface area (TPSA) is 109 Å². The maximum Gasteiger partial charge on any atom is 0.272 e. The summed E-state index contributed by atoms with van der Waals surface area (Å²) in [5, 5.41) is 4.88. The van der Waals surface area contributed by atoms with Gasteiger partial charge in [-0.2, -0.15) is 0 Å². The summed E-state index contributed by atoms with van der Waals surface area (Å²) in [5.74, 6) is -0.493. The van der Waals surface area contributed by atoms with E-state index in [0.717, 1.165) is 4.47 Å². The number of rotatable bonds is 8. The molecule has 0 saturated carbocycles. The lowest BCUT2D eigenvalue weighted by Gasteiger charge is -2.15. The van der Waals surface area contributed by atoms with Crippen molar-refractivity contribution in [2.45, 2.75) is 23.5 Å². The number of hydrogen-bond acceptors (Lipinski definition) is 6. The number of carbonyl (C=O) groups is 4. The number of carbonyl (C=O) groups excluding carboxylic acids is 4. The summed E-state index contributed by atoms with van der Waals surface area (Å²) in [7, 11) is 0. The first-order valence-corrected chi connectivity index (χ1v) is 14.3. The number of aryl methyl sites for hydroxylation is 1. The molecule has 8 nitrogen and oxygen atoms in total. The van der Waals surface area contributed by atoms with Crippen LogP contribution in [0.1, 0.15) is 28.3 Å². The quantitative estimate of drug-likeness (QED) is 0.178. The van der Waals surface area contributed by atoms with E-state index in [-0.39, 0.29) is 23.9 Å². The molecule has 4 amide bonds. The second-order valence-corrected chi connectivity index (χ2v) is 11.4. The Morgan fingerprint density at radius 2 is 1.73 bits per heavy atom. The van der Waals surface area contributed by atoms with E-state index in [1.54, 1.807) is 97.9 Å². The number of amides is 4. The summed E-state index contributed by atoms with van der Waals surface area (Å²) >= 11 is 4.62. The monoisotopic (exact) mass is 629 g/mol. The molecular formula is C31H24BrN3O5S. The first-order valence-electron chi connectivity index (χ1n) is 12.6. The molecule has 3 aromatic carbocycles. The summed E-state index contributed by atoms with van der Waals surface area (Å²) in [5.41, 5.74) is 1.37. The molecule has 1 atom stereocenters. The van der Waals surface area contributed by atoms with Crippen molar-refractivity contribution in [1.29, 1.82) is 0 Å². The average molecular weight is 631 g/mol. The number of furan rings is 1. The summed E-state index contributed by atoms with van der Waals surface area (Å²) in [6, 6.07) is 26.0. The lowest BCUT2D eigenvalue weighted by molar-refractivity contribution is -0.121. The van der Waals surface area contributed by atoms with Crippen LogP contribution in [0.25, 0.3) is 6.08 Å². The van der Waals surface area contributed by atoms with E-state index in [9.17, 15) is 19.2 Å². The van der Waals surface area contributed by atoms with Gasteiger partial charge in [0.15, 0.2) is 0 Å². The van der Waals surface area contributed by atoms with Crippen LogP contribution in [0.15, 0.2) is 110 Å². The van der Waals surface area contributed by atoms with Gasteiger partial charge >= 0.3 is 0 Å². The van der Waals surface area contributed by atoms with Crippen LogP contribution in [0.3, 0.4) is 0 Å². The largest absolute Gasteiger partial charge is 0.462 e. The Labute approximate surface area is 248 Å². The van der Waals surface area contributed by atoms with Crippen molar-refractivity contribution in [3.8, 4) is 0 Å². The number of hydrogen-bond donors (Lipinski definition) is 2. The number of imide groups is 1. The smallest absolute Gasteiger partial charge is 0.272 e. The summed E-state index contributed by atoms with van der Waals surface area (Å²) in [6.07, 6.45) is 1.53. The second-order valence-electron chi connectivity index (χ2n) is 9.16. The zero-order valence-electron chi connectivity index (χ0n) is 21.8. The highest BCUT2D eigenvalue weighted by Crippen LogP contribution is 2.35. The van der Waals surface area contributed by atoms with Gasteiger partial charge in [0.1, 0.15) is 17.2 Å². The maximum absolute atomic E-state index is 13.3. The minimum absolute atomic E-state index is 0.00651. The maximum atomic E-state index is 13.3. The summed E-state index contributed by atoms with van der Waals surface area (Å²) in [4.78, 5) is 53.8. The van der Waals surface area contributed by atoms with Gasteiger partial charge in [0.2, 0.25) is 11.8 Å². The highest BCUT2D eigenvalue weighted by molar-refractivity contribution is 9.10. The Morgan fingerprint density at radius 1 is 0.976 bits per heavy atom. The lowest BCUT2D eigenvalue weighted by atomic mass is 10.2. The van der Waals surface area contributed by atoms with Crippen molar-refractivity contribution in [3.63, 3.8) is 0 Å². The molecule has 1 aliphatic heterocycles. The Bertz CT molecular complexity index is 1650. The molecule has 10 heteroatoms. The predicted octanol–water partition coefficient (Wildman–Crippen LogP) is 6.18. The molecule has 2 N–H and O–H groups in total. The molecule has 1 fully saturated rings. The molecule has 0 aliphatic carbocycles. The standard InChI is InChI=1S/C31H24BrN3O5S/c1-19-10-15-24(40-19)17-26(34-29(37)20-6-3-2-4-7-20)30(38)33-22-8-5-9-25(16-22)41-27-18-28(36)35(31(27)39)23-13-11-21(32)12-14-23/h2-17,27H,18H2,1H3,(H,33,38)(H,34,37). The Balaban J connectivity index is 1.31. The van der Waals surface area contributed by atoms with Crippen molar-refractivity contribution in [3.05, 3.63) is 118 Å². The predicted molar refractivity (Wildman–Crippen MR) is 161 cm³/mol. The van der Waals surface area contributed by atoms with Gasteiger partial charge in [-0.05, 0) is 73.7 Å². The molecule has 5 rings (SSSR count). The molecular weight excluding hydrogens is 606 g/mol. The van der Waals surface area contributed by atoms with Crippen molar-refractivity contribution in [2.75, 3.05) is 10.2 Å². The highest BCUT2D eigenvalue weighted by Gasteiger charge is 2.40. The number of thioether (sulfide) groups is 1. The fourth-order valence-corrected chi connectivity index (χ4v) is 5.56. The van der Waals surface area contributed by atoms with E-state index in [2.05, 4.69) is 26.6 Å². The van der Waals surface area contributed by atoms with Crippen LogP contribution in [0.5, 0.6) is 0 Å². The minimum Gasteiger partial charge on any atom is -0.462 e. The van der Waals surface area contributed by atoms with Crippen molar-refractivity contribution >= 4 is 68.8 Å². The van der Waals surface area contributed by atoms with Gasteiger partial charge in [-0.25, -0.2) is 4.90 Å². The number of anilines is 2. The fourth-order valence-electron chi connectivity index (χ4n) is 4.18. The van der Waals surface area contributed by atoms with Gasteiger partial charge in [-0.3, -0.25) is 19.2 Å². The lowest BCUT2D eigenvalue weighted by Crippen LogP contribution is -2.31. The SMILES string of the molecule is Cc1ccc(C=C(NC(=O)c2ccccc2)C(=O)Nc2cccc(SC3CC(=O)N(c4ccc(Br)cc4)C3=O)c2)o1. The van der Waals surface area contributed by atoms with Gasteiger partial charge in [-0.1, -0.05) is 40.2 Å². The first-order chi connectivity index (χ1) is 19.8. The average Bonchev–Trinajstić information content (AvgIpc) is 3.50. The molecule has 206 valence electrons. The molecule has 2 heterocycles. The normalized spacial score (nSPS) is 15.2. The minimum atomic E-state index is -0.597. The number of halogens is 1. The van der Waals surface area contributed by atoms with Crippen LogP contribution < -0.4 is 15.5 Å². The number of nitrogens with one attached hydrogen (secondary N) is 2. The van der Waals surface area contributed by atoms with E-state index < -0.39 is 17.1 Å². The first kappa shape index (κ1) is 28.1. The summed E-state index contributed by atoms with van der Waals surface area (Å²) < 4.78 is 6.43. The van der Waals surface area contributed by atoms with Gasteiger partial charge in [0, 0.05) is 33.1 Å². The molecule has 0 radical (unpaired) electrons. The Morgan fingerprint density at radius 3 is 2.44 bits per heavy atom. The molecule has 0 bridgehead atoms. The van der Waals surface area contributed by atoms with Crippen LogP contribution >= 0.6 is 27.7 Å². The van der Waals surface area contributed by atoms with Gasteiger partial charge in [-0.15, -0.1) is 11.8 Å². The molecule has 1 aliphatic rings. The third-order valence-corrected chi connectivity index (χ3v) is 7.84. The van der Waals surface area contributed by atoms with Crippen LogP contribution in [0, 0.1) is 6.92 Å². The number of benzene rings is 3. The number of nitrogens with zero attached hydrogens (tertiary/aromatic N) is 1. The van der Waals surface area contributed by atoms with E-state index in [0.29, 0.717) is 33.4 Å². The van der Waals surface area contributed by atoms with Crippen LogP contribution in [0.4, 0.5) is 11.4 Å². The van der Waals surface area contributed by atoms with Crippen LogP contribution in [-0.2, 0) is 14.4 Å². The zero-order valence-corrected chi connectivity index (χ0v) is 24.2. The van der Waals surface area contributed by atoms with E-state index >= 15 is 0 Å². The van der Waals surface area contributed by atoms with Gasteiger partial charge in [0.25, 0.3) is 11.8 Å². The van der Waals surface area contributed by atoms with E-state index in [1.165, 1.54) is 22.7 Å². The van der Waals surface area contributed by atoms with Crippen LogP contribution in [-0.4, -0.2) is 28.9 Å². The second kappa shape index (κ2) is 12.4. The Kier molecular flexibility index (Phi) is 8.51. The van der Waals surface area contributed by atoms with Crippen molar-refractivity contribution < 1.29 is 23.6 Å². The molecule has 4 aromatic rings. The third-order valence-electron chi connectivity index (χ3n) is 6.14. The van der Waals surface area contributed by atoms with E-state index in [1.807, 2.05) is 0 Å².